The molecule has 2 aliphatic heterocycles. The molecule has 7 rings (SSSR count). The minimum Gasteiger partial charge on any atom is -0.435 e. The fourth-order valence-electron chi connectivity index (χ4n) is 6.53. The molecular formula is C35H35ClN6O. The predicted molar refractivity (Wildman–Crippen MR) is 170 cm³/mol. The van der Waals surface area contributed by atoms with E-state index in [9.17, 15) is 5.26 Å². The van der Waals surface area contributed by atoms with Crippen molar-refractivity contribution in [1.82, 2.24) is 24.6 Å². The summed E-state index contributed by atoms with van der Waals surface area (Å²) in [5.41, 5.74) is 9.95. The zero-order chi connectivity index (χ0) is 29.7. The van der Waals surface area contributed by atoms with Crippen molar-refractivity contribution in [2.75, 3.05) is 19.6 Å². The van der Waals surface area contributed by atoms with Crippen LogP contribution in [0.25, 0.3) is 39.4 Å². The third-order valence-electron chi connectivity index (χ3n) is 8.98. The predicted octanol–water partition coefficient (Wildman–Crippen LogP) is 7.54. The lowest BCUT2D eigenvalue weighted by atomic mass is 9.96. The second kappa shape index (κ2) is 11.3. The van der Waals surface area contributed by atoms with Gasteiger partial charge in [-0.15, -0.1) is 0 Å². The van der Waals surface area contributed by atoms with Gasteiger partial charge in [0.25, 0.3) is 0 Å². The van der Waals surface area contributed by atoms with Gasteiger partial charge in [0, 0.05) is 43.0 Å². The van der Waals surface area contributed by atoms with Crippen LogP contribution < -0.4 is 0 Å². The van der Waals surface area contributed by atoms with Crippen LogP contribution in [0.3, 0.4) is 0 Å². The molecule has 0 atom stereocenters. The Labute approximate surface area is 257 Å². The van der Waals surface area contributed by atoms with Crippen molar-refractivity contribution >= 4 is 22.7 Å². The zero-order valence-electron chi connectivity index (χ0n) is 24.9. The molecule has 5 aromatic rings. The molecule has 0 spiro atoms. The molecule has 0 N–H and O–H groups in total. The van der Waals surface area contributed by atoms with E-state index in [4.69, 9.17) is 26.1 Å². The summed E-state index contributed by atoms with van der Waals surface area (Å²) in [7, 11) is 0. The highest BCUT2D eigenvalue weighted by Crippen LogP contribution is 2.39. The number of benzene rings is 3. The Kier molecular flexibility index (Phi) is 7.30. The van der Waals surface area contributed by atoms with Crippen LogP contribution in [0, 0.1) is 18.3 Å². The first-order chi connectivity index (χ1) is 20.9. The maximum atomic E-state index is 9.91. The summed E-state index contributed by atoms with van der Waals surface area (Å²) in [6, 6.07) is 19.0. The van der Waals surface area contributed by atoms with Gasteiger partial charge in [-0.2, -0.15) is 10.4 Å². The standard InChI is InChI=1S/C35H35ClN6O/c1-22(2)41-15-12-25-20-42(39-31(25)21-41)32-11-7-10-29(33(32)36)27-8-6-9-28(23(27)3)35-38-30-17-24(19-40-13-4-5-14-40)16-26(18-37)34(30)43-35/h6-11,16-17,20,22H,4-5,12-15,19,21H2,1-3H3. The molecule has 7 nitrogen and oxygen atoms in total. The Balaban J connectivity index is 1.24. The number of halogens is 1. The zero-order valence-corrected chi connectivity index (χ0v) is 25.7. The van der Waals surface area contributed by atoms with Gasteiger partial charge in [-0.1, -0.05) is 35.9 Å². The van der Waals surface area contributed by atoms with Crippen molar-refractivity contribution in [1.29, 1.82) is 5.26 Å². The molecule has 8 heteroatoms. The lowest BCUT2D eigenvalue weighted by Crippen LogP contribution is -2.35. The summed E-state index contributed by atoms with van der Waals surface area (Å²) >= 11 is 7.13. The Bertz CT molecular complexity index is 1870. The molecular weight excluding hydrogens is 556 g/mol. The van der Waals surface area contributed by atoms with Gasteiger partial charge in [0.2, 0.25) is 5.89 Å². The van der Waals surface area contributed by atoms with Gasteiger partial charge in [-0.25, -0.2) is 9.67 Å². The molecule has 0 bridgehead atoms. The van der Waals surface area contributed by atoms with Gasteiger partial charge in [0.05, 0.1) is 22.0 Å². The Hall–Kier alpha value is -3.96. The molecule has 0 amide bonds. The number of likely N-dealkylation sites (tertiary alicyclic amines) is 1. The van der Waals surface area contributed by atoms with Crippen LogP contribution in [0.1, 0.15) is 54.6 Å². The number of hydrogen-bond donors (Lipinski definition) is 0. The lowest BCUT2D eigenvalue weighted by Gasteiger charge is -2.29. The molecule has 0 unspecified atom stereocenters. The second-order valence-electron chi connectivity index (χ2n) is 12.1. The van der Waals surface area contributed by atoms with E-state index in [1.165, 1.54) is 18.4 Å². The molecule has 43 heavy (non-hydrogen) atoms. The van der Waals surface area contributed by atoms with Crippen LogP contribution >= 0.6 is 11.6 Å². The van der Waals surface area contributed by atoms with E-state index < -0.39 is 0 Å². The highest BCUT2D eigenvalue weighted by atomic mass is 35.5. The van der Waals surface area contributed by atoms with Crippen LogP contribution in [0.4, 0.5) is 0 Å². The highest BCUT2D eigenvalue weighted by molar-refractivity contribution is 6.35. The number of fused-ring (bicyclic) bond motifs is 2. The third kappa shape index (κ3) is 5.14. The molecule has 0 saturated carbocycles. The van der Waals surface area contributed by atoms with Crippen molar-refractivity contribution in [2.45, 2.75) is 59.2 Å². The lowest BCUT2D eigenvalue weighted by molar-refractivity contribution is 0.201. The fourth-order valence-corrected chi connectivity index (χ4v) is 6.84. The van der Waals surface area contributed by atoms with Gasteiger partial charge in [-0.3, -0.25) is 9.80 Å². The summed E-state index contributed by atoms with van der Waals surface area (Å²) in [5.74, 6) is 0.505. The van der Waals surface area contributed by atoms with E-state index in [1.54, 1.807) is 0 Å². The second-order valence-corrected chi connectivity index (χ2v) is 12.5. The molecule has 1 saturated heterocycles. The average molecular weight is 591 g/mol. The van der Waals surface area contributed by atoms with Crippen molar-refractivity contribution in [3.63, 3.8) is 0 Å². The largest absolute Gasteiger partial charge is 0.435 e. The first kappa shape index (κ1) is 27.8. The van der Waals surface area contributed by atoms with Crippen molar-refractivity contribution in [3.8, 4) is 34.3 Å². The summed E-state index contributed by atoms with van der Waals surface area (Å²) in [5, 5.41) is 15.5. The number of oxazole rings is 1. The molecule has 0 radical (unpaired) electrons. The van der Waals surface area contributed by atoms with Gasteiger partial charge in [0.1, 0.15) is 11.6 Å². The van der Waals surface area contributed by atoms with Crippen molar-refractivity contribution < 1.29 is 4.42 Å². The molecule has 2 aliphatic rings. The quantitative estimate of drug-likeness (QED) is 0.203. The van der Waals surface area contributed by atoms with Crippen molar-refractivity contribution in [2.24, 2.45) is 0 Å². The van der Waals surface area contributed by atoms with E-state index in [1.807, 2.05) is 41.1 Å². The number of nitriles is 1. The highest BCUT2D eigenvalue weighted by Gasteiger charge is 2.24. The molecule has 0 aliphatic carbocycles. The minimum absolute atomic E-state index is 0.491. The molecule has 218 valence electrons. The summed E-state index contributed by atoms with van der Waals surface area (Å²) < 4.78 is 8.20. The van der Waals surface area contributed by atoms with Crippen LogP contribution in [0.15, 0.2) is 59.1 Å². The summed E-state index contributed by atoms with van der Waals surface area (Å²) in [6.07, 6.45) is 5.57. The van der Waals surface area contributed by atoms with E-state index in [0.717, 1.165) is 78.3 Å². The summed E-state index contributed by atoms with van der Waals surface area (Å²) in [4.78, 5) is 9.75. The third-order valence-corrected chi connectivity index (χ3v) is 9.38. The van der Waals surface area contributed by atoms with Crippen LogP contribution in [-0.4, -0.2) is 50.2 Å². The van der Waals surface area contributed by atoms with Crippen molar-refractivity contribution in [3.05, 3.63) is 87.7 Å². The number of hydrogen-bond acceptors (Lipinski definition) is 6. The monoisotopic (exact) mass is 590 g/mol. The van der Waals surface area contributed by atoms with Gasteiger partial charge < -0.3 is 4.42 Å². The van der Waals surface area contributed by atoms with Gasteiger partial charge in [-0.05, 0) is 99.6 Å². The first-order valence-electron chi connectivity index (χ1n) is 15.2. The minimum atomic E-state index is 0.491. The van der Waals surface area contributed by atoms with Crippen LogP contribution in [0.2, 0.25) is 5.02 Å². The van der Waals surface area contributed by atoms with E-state index in [0.29, 0.717) is 33.6 Å². The van der Waals surface area contributed by atoms with E-state index >= 15 is 0 Å². The van der Waals surface area contributed by atoms with Gasteiger partial charge in [0.15, 0.2) is 5.58 Å². The SMILES string of the molecule is Cc1c(-c2nc3cc(CN4CCCC4)cc(C#N)c3o2)cccc1-c1cccc(-n2cc3c(n2)CN(C(C)C)CC3)c1Cl. The first-order valence-corrected chi connectivity index (χ1v) is 15.5. The smallest absolute Gasteiger partial charge is 0.227 e. The Morgan fingerprint density at radius 3 is 2.58 bits per heavy atom. The fraction of sp³-hybridized carbons (Fsp3) is 0.343. The van der Waals surface area contributed by atoms with E-state index in [2.05, 4.69) is 55.0 Å². The number of aromatic nitrogens is 3. The maximum absolute atomic E-state index is 9.91. The topological polar surface area (TPSA) is 74.1 Å². The molecule has 3 aromatic carbocycles. The Morgan fingerprint density at radius 1 is 1.02 bits per heavy atom. The number of rotatable bonds is 6. The Morgan fingerprint density at radius 2 is 1.79 bits per heavy atom. The maximum Gasteiger partial charge on any atom is 0.227 e. The van der Waals surface area contributed by atoms with Crippen LogP contribution in [0.5, 0.6) is 0 Å². The normalized spacial score (nSPS) is 15.8. The average Bonchev–Trinajstić information content (AvgIpc) is 3.77. The summed E-state index contributed by atoms with van der Waals surface area (Å²) in [6.45, 7) is 11.4. The molecule has 1 fully saturated rings. The number of nitrogens with zero attached hydrogens (tertiary/aromatic N) is 6. The molecule has 2 aromatic heterocycles. The van der Waals surface area contributed by atoms with Crippen LogP contribution in [-0.2, 0) is 19.5 Å². The van der Waals surface area contributed by atoms with E-state index in [-0.39, 0.29) is 0 Å². The van der Waals surface area contributed by atoms with Gasteiger partial charge >= 0.3 is 0 Å². The molecule has 4 heterocycles.